The molecule has 3 aromatic heterocycles. The van der Waals surface area contributed by atoms with Crippen molar-refractivity contribution in [2.75, 3.05) is 5.32 Å². The second-order valence-electron chi connectivity index (χ2n) is 4.75. The summed E-state index contributed by atoms with van der Waals surface area (Å²) in [6, 6.07) is 8.06. The molecule has 0 spiro atoms. The number of anilines is 1. The number of aryl methyl sites for hydroxylation is 1. The lowest BCUT2D eigenvalue weighted by molar-refractivity contribution is 0.494. The fourth-order valence-electron chi connectivity index (χ4n) is 2.03. The van der Waals surface area contributed by atoms with Crippen molar-refractivity contribution in [1.82, 2.24) is 14.6 Å². The predicted molar refractivity (Wildman–Crippen MR) is 80.8 cm³/mol. The zero-order valence-electron chi connectivity index (χ0n) is 11.1. The maximum atomic E-state index is 5.33. The van der Waals surface area contributed by atoms with Crippen LogP contribution in [0, 0.1) is 0 Å². The van der Waals surface area contributed by atoms with Crippen molar-refractivity contribution in [1.29, 1.82) is 0 Å². The molecule has 0 aliphatic rings. The highest BCUT2D eigenvalue weighted by Gasteiger charge is 2.08. The molecular weight excluding hydrogens is 320 g/mol. The van der Waals surface area contributed by atoms with Gasteiger partial charge in [0.25, 0.3) is 0 Å². The van der Waals surface area contributed by atoms with Crippen LogP contribution in [0.25, 0.3) is 5.65 Å². The molecule has 1 N–H and O–H groups in total. The lowest BCUT2D eigenvalue weighted by Crippen LogP contribution is -2.16. The van der Waals surface area contributed by atoms with Gasteiger partial charge in [-0.05, 0) is 53.5 Å². The van der Waals surface area contributed by atoms with Gasteiger partial charge in [0.05, 0.1) is 6.26 Å². The SMILES string of the molecule is CC(CCc1ccco1)Nc1nc2ccc(Br)cn2n1. The van der Waals surface area contributed by atoms with E-state index >= 15 is 0 Å². The van der Waals surface area contributed by atoms with Crippen LogP contribution < -0.4 is 5.32 Å². The van der Waals surface area contributed by atoms with Crippen LogP contribution in [-0.2, 0) is 6.42 Å². The number of nitrogens with zero attached hydrogens (tertiary/aromatic N) is 3. The molecule has 0 bridgehead atoms. The molecule has 0 saturated carbocycles. The highest BCUT2D eigenvalue weighted by atomic mass is 79.9. The van der Waals surface area contributed by atoms with Gasteiger partial charge in [-0.2, -0.15) is 4.98 Å². The first-order chi connectivity index (χ1) is 9.70. The molecule has 3 heterocycles. The Hall–Kier alpha value is -1.82. The minimum absolute atomic E-state index is 0.279. The zero-order chi connectivity index (χ0) is 13.9. The molecule has 0 radical (unpaired) electrons. The number of nitrogens with one attached hydrogen (secondary N) is 1. The van der Waals surface area contributed by atoms with Crippen molar-refractivity contribution >= 4 is 27.5 Å². The summed E-state index contributed by atoms with van der Waals surface area (Å²) in [6.45, 7) is 2.12. The third-order valence-electron chi connectivity index (χ3n) is 3.07. The maximum Gasteiger partial charge on any atom is 0.243 e. The smallest absolute Gasteiger partial charge is 0.243 e. The van der Waals surface area contributed by atoms with Crippen LogP contribution in [0.5, 0.6) is 0 Å². The molecule has 0 aliphatic carbocycles. The lowest BCUT2D eigenvalue weighted by atomic mass is 10.1. The molecule has 104 valence electrons. The molecule has 0 aliphatic heterocycles. The quantitative estimate of drug-likeness (QED) is 0.775. The fourth-order valence-corrected chi connectivity index (χ4v) is 2.35. The first-order valence-corrected chi connectivity index (χ1v) is 7.31. The average Bonchev–Trinajstić information content (AvgIpc) is 3.04. The van der Waals surface area contributed by atoms with E-state index in [2.05, 4.69) is 38.3 Å². The van der Waals surface area contributed by atoms with E-state index in [1.165, 1.54) is 0 Å². The van der Waals surface area contributed by atoms with E-state index in [1.54, 1.807) is 10.8 Å². The third-order valence-corrected chi connectivity index (χ3v) is 3.54. The molecule has 3 aromatic rings. The second-order valence-corrected chi connectivity index (χ2v) is 5.66. The maximum absolute atomic E-state index is 5.33. The molecule has 3 rings (SSSR count). The normalized spacial score (nSPS) is 12.7. The van der Waals surface area contributed by atoms with E-state index in [4.69, 9.17) is 4.42 Å². The lowest BCUT2D eigenvalue weighted by Gasteiger charge is -2.10. The number of fused-ring (bicyclic) bond motifs is 1. The summed E-state index contributed by atoms with van der Waals surface area (Å²) in [5.74, 6) is 1.65. The minimum atomic E-state index is 0.279. The van der Waals surface area contributed by atoms with Crippen LogP contribution in [0.4, 0.5) is 5.95 Å². The van der Waals surface area contributed by atoms with Gasteiger partial charge in [0.2, 0.25) is 5.95 Å². The van der Waals surface area contributed by atoms with Crippen LogP contribution >= 0.6 is 15.9 Å². The van der Waals surface area contributed by atoms with Gasteiger partial charge in [0, 0.05) is 23.1 Å². The zero-order valence-corrected chi connectivity index (χ0v) is 12.7. The summed E-state index contributed by atoms with van der Waals surface area (Å²) in [7, 11) is 0. The molecule has 0 aromatic carbocycles. The molecule has 6 heteroatoms. The fraction of sp³-hybridized carbons (Fsp3) is 0.286. The summed E-state index contributed by atoms with van der Waals surface area (Å²) >= 11 is 3.42. The van der Waals surface area contributed by atoms with Crippen molar-refractivity contribution in [2.45, 2.75) is 25.8 Å². The summed E-state index contributed by atoms with van der Waals surface area (Å²) in [5.41, 5.74) is 0.828. The van der Waals surface area contributed by atoms with Crippen LogP contribution in [0.15, 0.2) is 45.6 Å². The summed E-state index contributed by atoms with van der Waals surface area (Å²) in [5, 5.41) is 7.71. The van der Waals surface area contributed by atoms with E-state index < -0.39 is 0 Å². The van der Waals surface area contributed by atoms with Crippen molar-refractivity contribution in [3.8, 4) is 0 Å². The van der Waals surface area contributed by atoms with Gasteiger partial charge in [0.1, 0.15) is 5.76 Å². The third kappa shape index (κ3) is 3.01. The minimum Gasteiger partial charge on any atom is -0.469 e. The standard InChI is InChI=1S/C14H15BrN4O/c1-10(4-6-12-3-2-8-20-12)16-14-17-13-7-5-11(15)9-19(13)18-14/h2-3,5,7-10H,4,6H2,1H3,(H,16,18). The van der Waals surface area contributed by atoms with E-state index in [-0.39, 0.29) is 6.04 Å². The predicted octanol–water partition coefficient (Wildman–Crippen LogP) is 3.52. The molecule has 0 saturated heterocycles. The average molecular weight is 335 g/mol. The molecule has 0 fully saturated rings. The highest BCUT2D eigenvalue weighted by molar-refractivity contribution is 9.10. The highest BCUT2D eigenvalue weighted by Crippen LogP contribution is 2.13. The Labute approximate surface area is 125 Å². The molecule has 20 heavy (non-hydrogen) atoms. The topological polar surface area (TPSA) is 55.4 Å². The Morgan fingerprint density at radius 1 is 1.40 bits per heavy atom. The van der Waals surface area contributed by atoms with Gasteiger partial charge in [-0.15, -0.1) is 5.10 Å². The Bertz CT molecular complexity index is 692. The van der Waals surface area contributed by atoms with Crippen LogP contribution in [0.2, 0.25) is 0 Å². The number of rotatable bonds is 5. The van der Waals surface area contributed by atoms with E-state index in [9.17, 15) is 0 Å². The Morgan fingerprint density at radius 2 is 2.30 bits per heavy atom. The van der Waals surface area contributed by atoms with Crippen molar-refractivity contribution in [3.05, 3.63) is 47.0 Å². The van der Waals surface area contributed by atoms with Gasteiger partial charge < -0.3 is 9.73 Å². The van der Waals surface area contributed by atoms with Gasteiger partial charge in [0.15, 0.2) is 5.65 Å². The van der Waals surface area contributed by atoms with Gasteiger partial charge in [-0.25, -0.2) is 4.52 Å². The number of aromatic nitrogens is 3. The molecule has 1 unspecified atom stereocenters. The Balaban J connectivity index is 1.63. The van der Waals surface area contributed by atoms with Crippen molar-refractivity contribution < 1.29 is 4.42 Å². The first-order valence-electron chi connectivity index (χ1n) is 6.51. The van der Waals surface area contributed by atoms with Gasteiger partial charge in [-0.3, -0.25) is 0 Å². The van der Waals surface area contributed by atoms with E-state index in [1.807, 2.05) is 30.5 Å². The summed E-state index contributed by atoms with van der Waals surface area (Å²) in [4.78, 5) is 4.44. The Morgan fingerprint density at radius 3 is 3.10 bits per heavy atom. The number of halogens is 1. The monoisotopic (exact) mass is 334 g/mol. The van der Waals surface area contributed by atoms with Crippen LogP contribution in [-0.4, -0.2) is 20.6 Å². The van der Waals surface area contributed by atoms with E-state index in [0.717, 1.165) is 28.7 Å². The van der Waals surface area contributed by atoms with E-state index in [0.29, 0.717) is 5.95 Å². The molecular formula is C14H15BrN4O. The van der Waals surface area contributed by atoms with Crippen molar-refractivity contribution in [3.63, 3.8) is 0 Å². The Kier molecular flexibility index (Phi) is 3.73. The second kappa shape index (κ2) is 5.66. The largest absolute Gasteiger partial charge is 0.469 e. The summed E-state index contributed by atoms with van der Waals surface area (Å²) in [6.07, 6.45) is 5.46. The van der Waals surface area contributed by atoms with Gasteiger partial charge >= 0.3 is 0 Å². The van der Waals surface area contributed by atoms with Crippen molar-refractivity contribution in [2.24, 2.45) is 0 Å². The number of furan rings is 1. The molecule has 0 amide bonds. The van der Waals surface area contributed by atoms with Crippen LogP contribution in [0.1, 0.15) is 19.1 Å². The van der Waals surface area contributed by atoms with Gasteiger partial charge in [-0.1, -0.05) is 0 Å². The summed E-state index contributed by atoms with van der Waals surface area (Å²) < 4.78 is 8.06. The number of hydrogen-bond donors (Lipinski definition) is 1. The first kappa shape index (κ1) is 13.2. The molecule has 1 atom stereocenters. The number of pyridine rings is 1. The molecule has 5 nitrogen and oxygen atoms in total. The number of hydrogen-bond acceptors (Lipinski definition) is 4. The van der Waals surface area contributed by atoms with Crippen LogP contribution in [0.3, 0.4) is 0 Å².